The smallest absolute Gasteiger partial charge is 0.275 e. The number of halogens is 2. The molecule has 2 rings (SSSR count). The molecule has 0 bridgehead atoms. The molecule has 1 heterocycles. The van der Waals surface area contributed by atoms with E-state index in [1.165, 1.54) is 6.20 Å². The van der Waals surface area contributed by atoms with Crippen LogP contribution in [0.25, 0.3) is 0 Å². The van der Waals surface area contributed by atoms with E-state index in [0.29, 0.717) is 11.5 Å². The summed E-state index contributed by atoms with van der Waals surface area (Å²) in [6.45, 7) is 0. The zero-order valence-corrected chi connectivity index (χ0v) is 13.1. The second kappa shape index (κ2) is 6.12. The number of benzene rings is 1. The number of anilines is 2. The lowest BCUT2D eigenvalue weighted by molar-refractivity contribution is 0.102. The van der Waals surface area contributed by atoms with E-state index >= 15 is 0 Å². The normalized spacial score (nSPS) is 10.1. The molecule has 0 radical (unpaired) electrons. The SMILES string of the molecule is CNc1cncc(C(=O)Nc2ccc(Br)cc2Br)n1. The summed E-state index contributed by atoms with van der Waals surface area (Å²) in [4.78, 5) is 20.1. The summed E-state index contributed by atoms with van der Waals surface area (Å²) in [5, 5.41) is 5.60. The van der Waals surface area contributed by atoms with Gasteiger partial charge in [-0.3, -0.25) is 9.78 Å². The predicted octanol–water partition coefficient (Wildman–Crippen LogP) is 3.30. The Labute approximate surface area is 127 Å². The highest BCUT2D eigenvalue weighted by atomic mass is 79.9. The Morgan fingerprint density at radius 2 is 2.05 bits per heavy atom. The highest BCUT2D eigenvalue weighted by Crippen LogP contribution is 2.26. The molecule has 0 fully saturated rings. The Balaban J connectivity index is 2.20. The first kappa shape index (κ1) is 14.0. The summed E-state index contributed by atoms with van der Waals surface area (Å²) >= 11 is 6.74. The van der Waals surface area contributed by atoms with E-state index in [0.717, 1.165) is 8.95 Å². The van der Waals surface area contributed by atoms with Crippen molar-refractivity contribution in [2.75, 3.05) is 17.7 Å². The summed E-state index contributed by atoms with van der Waals surface area (Å²) in [5.41, 5.74) is 0.923. The van der Waals surface area contributed by atoms with Gasteiger partial charge >= 0.3 is 0 Å². The molecule has 5 nitrogen and oxygen atoms in total. The van der Waals surface area contributed by atoms with Crippen LogP contribution in [0.1, 0.15) is 10.5 Å². The van der Waals surface area contributed by atoms with Crippen LogP contribution in [0.15, 0.2) is 39.5 Å². The third-order valence-corrected chi connectivity index (χ3v) is 3.45. The zero-order valence-electron chi connectivity index (χ0n) is 9.95. The van der Waals surface area contributed by atoms with Gasteiger partial charge in [-0.1, -0.05) is 15.9 Å². The number of hydrogen-bond acceptors (Lipinski definition) is 4. The molecule has 0 aliphatic heterocycles. The molecule has 19 heavy (non-hydrogen) atoms. The third-order valence-electron chi connectivity index (χ3n) is 2.30. The number of rotatable bonds is 3. The molecule has 98 valence electrons. The van der Waals surface area contributed by atoms with Crippen LogP contribution in [0.4, 0.5) is 11.5 Å². The van der Waals surface area contributed by atoms with Crippen LogP contribution in [0, 0.1) is 0 Å². The number of aromatic nitrogens is 2. The lowest BCUT2D eigenvalue weighted by Crippen LogP contribution is -2.15. The Morgan fingerprint density at radius 1 is 1.26 bits per heavy atom. The van der Waals surface area contributed by atoms with Gasteiger partial charge < -0.3 is 10.6 Å². The second-order valence-electron chi connectivity index (χ2n) is 3.62. The van der Waals surface area contributed by atoms with Gasteiger partial charge in [0, 0.05) is 16.0 Å². The molecule has 0 aliphatic carbocycles. The van der Waals surface area contributed by atoms with Crippen LogP contribution in [0.2, 0.25) is 0 Å². The van der Waals surface area contributed by atoms with Crippen molar-refractivity contribution in [1.82, 2.24) is 9.97 Å². The van der Waals surface area contributed by atoms with Gasteiger partial charge in [0.05, 0.1) is 18.1 Å². The maximum absolute atomic E-state index is 12.0. The molecule has 2 N–H and O–H groups in total. The van der Waals surface area contributed by atoms with Gasteiger partial charge in [-0.05, 0) is 34.1 Å². The van der Waals surface area contributed by atoms with Crippen molar-refractivity contribution in [3.05, 3.63) is 45.2 Å². The zero-order chi connectivity index (χ0) is 13.8. The number of carbonyl (C=O) groups excluding carboxylic acids is 1. The van der Waals surface area contributed by atoms with Crippen molar-refractivity contribution in [3.8, 4) is 0 Å². The van der Waals surface area contributed by atoms with Gasteiger partial charge in [0.2, 0.25) is 0 Å². The Hall–Kier alpha value is -1.47. The number of amides is 1. The molecule has 0 aliphatic rings. The van der Waals surface area contributed by atoms with E-state index in [4.69, 9.17) is 0 Å². The maximum Gasteiger partial charge on any atom is 0.275 e. The van der Waals surface area contributed by atoms with E-state index in [-0.39, 0.29) is 11.6 Å². The van der Waals surface area contributed by atoms with Crippen LogP contribution in [0.3, 0.4) is 0 Å². The molecular formula is C12H10Br2N4O. The first-order chi connectivity index (χ1) is 9.10. The molecule has 1 amide bonds. The van der Waals surface area contributed by atoms with Crippen LogP contribution < -0.4 is 10.6 Å². The Bertz CT molecular complexity index is 618. The summed E-state index contributed by atoms with van der Waals surface area (Å²) in [6.07, 6.45) is 2.97. The van der Waals surface area contributed by atoms with Crippen molar-refractivity contribution in [3.63, 3.8) is 0 Å². The third kappa shape index (κ3) is 3.51. The quantitative estimate of drug-likeness (QED) is 0.850. The summed E-state index contributed by atoms with van der Waals surface area (Å²) < 4.78 is 1.71. The monoisotopic (exact) mass is 384 g/mol. The molecule has 0 saturated carbocycles. The average Bonchev–Trinajstić information content (AvgIpc) is 2.42. The minimum absolute atomic E-state index is 0.252. The highest BCUT2D eigenvalue weighted by Gasteiger charge is 2.10. The molecule has 0 spiro atoms. The van der Waals surface area contributed by atoms with Gasteiger partial charge in [0.15, 0.2) is 0 Å². The second-order valence-corrected chi connectivity index (χ2v) is 5.39. The van der Waals surface area contributed by atoms with Crippen molar-refractivity contribution in [1.29, 1.82) is 0 Å². The molecule has 0 atom stereocenters. The van der Waals surface area contributed by atoms with Crippen LogP contribution in [-0.4, -0.2) is 22.9 Å². The predicted molar refractivity (Wildman–Crippen MR) is 81.4 cm³/mol. The fourth-order valence-electron chi connectivity index (χ4n) is 1.37. The molecular weight excluding hydrogens is 376 g/mol. The number of nitrogens with zero attached hydrogens (tertiary/aromatic N) is 2. The fraction of sp³-hybridized carbons (Fsp3) is 0.0833. The van der Waals surface area contributed by atoms with E-state index in [2.05, 4.69) is 52.5 Å². The number of hydrogen-bond donors (Lipinski definition) is 2. The molecule has 2 aromatic rings. The summed E-state index contributed by atoms with van der Waals surface area (Å²) in [7, 11) is 1.72. The Morgan fingerprint density at radius 3 is 2.74 bits per heavy atom. The number of carbonyl (C=O) groups is 1. The molecule has 0 saturated heterocycles. The van der Waals surface area contributed by atoms with Gasteiger partial charge in [0.25, 0.3) is 5.91 Å². The first-order valence-corrected chi connectivity index (χ1v) is 6.95. The van der Waals surface area contributed by atoms with Crippen molar-refractivity contribution in [2.24, 2.45) is 0 Å². The van der Waals surface area contributed by atoms with Crippen molar-refractivity contribution >= 4 is 49.3 Å². The summed E-state index contributed by atoms with van der Waals surface area (Å²) in [6, 6.07) is 5.49. The van der Waals surface area contributed by atoms with Crippen LogP contribution >= 0.6 is 31.9 Å². The van der Waals surface area contributed by atoms with E-state index in [9.17, 15) is 4.79 Å². The average molecular weight is 386 g/mol. The van der Waals surface area contributed by atoms with Crippen LogP contribution in [0.5, 0.6) is 0 Å². The standard InChI is InChI=1S/C12H10Br2N4O/c1-15-11-6-16-5-10(17-11)12(19)18-9-3-2-7(13)4-8(9)14/h2-6H,1H3,(H,15,17)(H,18,19). The topological polar surface area (TPSA) is 66.9 Å². The van der Waals surface area contributed by atoms with Crippen molar-refractivity contribution < 1.29 is 4.79 Å². The molecule has 1 aromatic carbocycles. The van der Waals surface area contributed by atoms with E-state index < -0.39 is 0 Å². The highest BCUT2D eigenvalue weighted by molar-refractivity contribution is 9.11. The lowest BCUT2D eigenvalue weighted by atomic mass is 10.3. The number of nitrogens with one attached hydrogen (secondary N) is 2. The minimum Gasteiger partial charge on any atom is -0.372 e. The molecule has 1 aromatic heterocycles. The van der Waals surface area contributed by atoms with Crippen LogP contribution in [-0.2, 0) is 0 Å². The minimum atomic E-state index is -0.312. The first-order valence-electron chi connectivity index (χ1n) is 5.36. The van der Waals surface area contributed by atoms with E-state index in [1.54, 1.807) is 19.3 Å². The molecule has 0 unspecified atom stereocenters. The summed E-state index contributed by atoms with van der Waals surface area (Å²) in [5.74, 6) is 0.232. The lowest BCUT2D eigenvalue weighted by Gasteiger charge is -2.07. The molecule has 7 heteroatoms. The van der Waals surface area contributed by atoms with Gasteiger partial charge in [-0.15, -0.1) is 0 Å². The largest absolute Gasteiger partial charge is 0.372 e. The fourth-order valence-corrected chi connectivity index (χ4v) is 2.52. The van der Waals surface area contributed by atoms with Gasteiger partial charge in [-0.2, -0.15) is 0 Å². The van der Waals surface area contributed by atoms with Gasteiger partial charge in [0.1, 0.15) is 11.5 Å². The van der Waals surface area contributed by atoms with Gasteiger partial charge in [-0.25, -0.2) is 4.98 Å². The Kier molecular flexibility index (Phi) is 4.49. The van der Waals surface area contributed by atoms with E-state index in [1.807, 2.05) is 12.1 Å². The van der Waals surface area contributed by atoms with Crippen molar-refractivity contribution in [2.45, 2.75) is 0 Å². The maximum atomic E-state index is 12.0.